The van der Waals surface area contributed by atoms with E-state index < -0.39 is 0 Å². The van der Waals surface area contributed by atoms with Crippen molar-refractivity contribution < 1.29 is 4.39 Å². The van der Waals surface area contributed by atoms with Crippen molar-refractivity contribution in [2.24, 2.45) is 29.1 Å². The summed E-state index contributed by atoms with van der Waals surface area (Å²) in [4.78, 5) is 2.70. The van der Waals surface area contributed by atoms with Crippen molar-refractivity contribution in [1.29, 1.82) is 0 Å². The van der Waals surface area contributed by atoms with Crippen molar-refractivity contribution in [3.8, 4) is 0 Å². The van der Waals surface area contributed by atoms with E-state index in [0.29, 0.717) is 17.0 Å². The monoisotopic (exact) mass is 344 g/mol. The fraction of sp³-hybridized carbons (Fsp3) is 0.727. The van der Waals surface area contributed by atoms with Crippen LogP contribution in [-0.2, 0) is 6.42 Å². The van der Waals surface area contributed by atoms with Crippen LogP contribution in [0.1, 0.15) is 51.5 Å². The Labute approximate surface area is 152 Å². The standard InChI is InChI=1S/C22H33FN2/c1-22(2)18-10-16(11-19(22)12-18)14-25-7-5-15(6-8-25)9-17-3-4-20(23)13-21(17)24/h3-4,13,15-16,18-19H,5-12,14,24H2,1-2H3/t16?,18-,19+. The lowest BCUT2D eigenvalue weighted by Gasteiger charge is -2.59. The molecule has 1 aliphatic heterocycles. The molecule has 1 aromatic carbocycles. The predicted octanol–water partition coefficient (Wildman–Crippen LogP) is 4.73. The molecule has 2 bridgehead atoms. The minimum Gasteiger partial charge on any atom is -0.398 e. The lowest BCUT2D eigenvalue weighted by Crippen LogP contribution is -2.52. The van der Waals surface area contributed by atoms with Crippen LogP contribution in [-0.4, -0.2) is 24.5 Å². The van der Waals surface area contributed by atoms with Gasteiger partial charge in [0.2, 0.25) is 0 Å². The first-order valence-corrected chi connectivity index (χ1v) is 10.2. The van der Waals surface area contributed by atoms with E-state index in [-0.39, 0.29) is 5.82 Å². The van der Waals surface area contributed by atoms with E-state index >= 15 is 0 Å². The Morgan fingerprint density at radius 3 is 2.36 bits per heavy atom. The highest BCUT2D eigenvalue weighted by molar-refractivity contribution is 5.47. The molecule has 3 aliphatic carbocycles. The van der Waals surface area contributed by atoms with Gasteiger partial charge in [-0.15, -0.1) is 0 Å². The summed E-state index contributed by atoms with van der Waals surface area (Å²) in [7, 11) is 0. The van der Waals surface area contributed by atoms with Gasteiger partial charge in [-0.25, -0.2) is 4.39 Å². The van der Waals surface area contributed by atoms with Crippen LogP contribution in [0, 0.1) is 34.9 Å². The molecule has 1 aromatic rings. The lowest BCUT2D eigenvalue weighted by molar-refractivity contribution is -0.0954. The quantitative estimate of drug-likeness (QED) is 0.800. The van der Waals surface area contributed by atoms with Crippen LogP contribution in [0.4, 0.5) is 10.1 Å². The van der Waals surface area contributed by atoms with Gasteiger partial charge in [-0.1, -0.05) is 19.9 Å². The molecule has 0 radical (unpaired) electrons. The Balaban J connectivity index is 1.24. The number of nitrogen functional groups attached to an aromatic ring is 1. The van der Waals surface area contributed by atoms with Gasteiger partial charge < -0.3 is 10.6 Å². The summed E-state index contributed by atoms with van der Waals surface area (Å²) < 4.78 is 13.2. The molecule has 5 rings (SSSR count). The minimum atomic E-state index is -0.232. The Morgan fingerprint density at radius 1 is 1.08 bits per heavy atom. The maximum absolute atomic E-state index is 13.2. The largest absolute Gasteiger partial charge is 0.398 e. The highest BCUT2D eigenvalue weighted by Crippen LogP contribution is 2.60. The molecule has 2 N–H and O–H groups in total. The summed E-state index contributed by atoms with van der Waals surface area (Å²) in [5, 5.41) is 0. The normalized spacial score (nSPS) is 32.4. The van der Waals surface area contributed by atoms with Crippen molar-refractivity contribution >= 4 is 5.69 Å². The molecular weight excluding hydrogens is 311 g/mol. The summed E-state index contributed by atoms with van der Waals surface area (Å²) in [6.07, 6.45) is 7.90. The van der Waals surface area contributed by atoms with Gasteiger partial charge in [0.1, 0.15) is 5.82 Å². The van der Waals surface area contributed by atoms with E-state index in [4.69, 9.17) is 5.73 Å². The molecule has 4 aliphatic rings. The number of hydrogen-bond acceptors (Lipinski definition) is 2. The van der Waals surface area contributed by atoms with Crippen LogP contribution in [0.2, 0.25) is 0 Å². The second kappa shape index (κ2) is 6.57. The maximum Gasteiger partial charge on any atom is 0.125 e. The van der Waals surface area contributed by atoms with E-state index in [1.54, 1.807) is 0 Å². The third-order valence-corrected chi connectivity index (χ3v) is 7.75. The fourth-order valence-corrected chi connectivity index (χ4v) is 5.77. The van der Waals surface area contributed by atoms with E-state index in [1.807, 2.05) is 6.07 Å². The number of fused-ring (bicyclic) bond motifs is 2. The number of benzene rings is 1. The second-order valence-corrected chi connectivity index (χ2v) is 9.58. The topological polar surface area (TPSA) is 29.3 Å². The molecule has 25 heavy (non-hydrogen) atoms. The zero-order chi connectivity index (χ0) is 17.6. The molecule has 0 aromatic heterocycles. The van der Waals surface area contributed by atoms with Crippen molar-refractivity contribution in [2.45, 2.75) is 52.4 Å². The van der Waals surface area contributed by atoms with Gasteiger partial charge in [0.05, 0.1) is 0 Å². The third-order valence-electron chi connectivity index (χ3n) is 7.75. The molecule has 1 heterocycles. The molecule has 138 valence electrons. The number of nitrogens with two attached hydrogens (primary N) is 1. The first-order valence-electron chi connectivity index (χ1n) is 10.2. The van der Waals surface area contributed by atoms with E-state index in [0.717, 1.165) is 29.7 Å². The zero-order valence-corrected chi connectivity index (χ0v) is 15.8. The number of hydrogen-bond donors (Lipinski definition) is 1. The lowest BCUT2D eigenvalue weighted by atomic mass is 9.47. The highest BCUT2D eigenvalue weighted by atomic mass is 19.1. The van der Waals surface area contributed by atoms with Gasteiger partial charge in [-0.05, 0) is 98.4 Å². The number of rotatable bonds is 4. The second-order valence-electron chi connectivity index (χ2n) is 9.58. The SMILES string of the molecule is CC1(C)[C@@H]2CC(CN3CCC(Cc4ccc(F)cc4N)CC3)C[C@H]1C2. The molecule has 4 fully saturated rings. The van der Waals surface area contributed by atoms with E-state index in [9.17, 15) is 4.39 Å². The summed E-state index contributed by atoms with van der Waals surface area (Å²) in [5.41, 5.74) is 8.34. The summed E-state index contributed by atoms with van der Waals surface area (Å²) in [6, 6.07) is 4.87. The zero-order valence-electron chi connectivity index (χ0n) is 15.8. The van der Waals surface area contributed by atoms with Gasteiger partial charge in [0, 0.05) is 12.2 Å². The van der Waals surface area contributed by atoms with Gasteiger partial charge in [0.25, 0.3) is 0 Å². The Bertz CT molecular complexity index is 604. The third kappa shape index (κ3) is 3.45. The molecule has 2 nitrogen and oxygen atoms in total. The molecule has 1 unspecified atom stereocenters. The molecular formula is C22H33FN2. The smallest absolute Gasteiger partial charge is 0.125 e. The van der Waals surface area contributed by atoms with Crippen LogP contribution in [0.3, 0.4) is 0 Å². The molecule has 1 saturated heterocycles. The summed E-state index contributed by atoms with van der Waals surface area (Å²) in [6.45, 7) is 8.72. The molecule has 3 atom stereocenters. The van der Waals surface area contributed by atoms with Crippen LogP contribution in [0.25, 0.3) is 0 Å². The summed E-state index contributed by atoms with van der Waals surface area (Å²) >= 11 is 0. The predicted molar refractivity (Wildman–Crippen MR) is 102 cm³/mol. The Morgan fingerprint density at radius 2 is 1.76 bits per heavy atom. The van der Waals surface area contributed by atoms with Crippen LogP contribution in [0.5, 0.6) is 0 Å². The highest BCUT2D eigenvalue weighted by Gasteiger charge is 2.52. The van der Waals surface area contributed by atoms with Crippen molar-refractivity contribution in [2.75, 3.05) is 25.4 Å². The Hall–Kier alpha value is -1.09. The molecule has 0 amide bonds. The fourth-order valence-electron chi connectivity index (χ4n) is 5.77. The Kier molecular flexibility index (Phi) is 4.56. The molecule has 3 heteroatoms. The van der Waals surface area contributed by atoms with Crippen molar-refractivity contribution in [3.05, 3.63) is 29.6 Å². The van der Waals surface area contributed by atoms with Gasteiger partial charge in [-0.2, -0.15) is 0 Å². The number of piperidine rings is 1. The van der Waals surface area contributed by atoms with E-state index in [1.165, 1.54) is 63.9 Å². The van der Waals surface area contributed by atoms with Crippen molar-refractivity contribution in [1.82, 2.24) is 4.90 Å². The number of halogens is 1. The number of nitrogens with zero attached hydrogens (tertiary/aromatic N) is 1. The van der Waals surface area contributed by atoms with Crippen LogP contribution in [0.15, 0.2) is 18.2 Å². The van der Waals surface area contributed by atoms with Gasteiger partial charge >= 0.3 is 0 Å². The van der Waals surface area contributed by atoms with Crippen molar-refractivity contribution in [3.63, 3.8) is 0 Å². The first kappa shape index (κ1) is 17.3. The van der Waals surface area contributed by atoms with Gasteiger partial charge in [0.15, 0.2) is 0 Å². The maximum atomic E-state index is 13.2. The van der Waals surface area contributed by atoms with E-state index in [2.05, 4.69) is 18.7 Å². The average molecular weight is 345 g/mol. The molecule has 3 saturated carbocycles. The minimum absolute atomic E-state index is 0.232. The number of anilines is 1. The van der Waals surface area contributed by atoms with Crippen LogP contribution >= 0.6 is 0 Å². The molecule has 0 spiro atoms. The summed E-state index contributed by atoms with van der Waals surface area (Å²) in [5.74, 6) is 3.36. The first-order chi connectivity index (χ1) is 11.9. The average Bonchev–Trinajstić information content (AvgIpc) is 2.59. The van der Waals surface area contributed by atoms with Gasteiger partial charge in [-0.3, -0.25) is 0 Å². The van der Waals surface area contributed by atoms with Crippen LogP contribution < -0.4 is 5.73 Å². The number of likely N-dealkylation sites (tertiary alicyclic amines) is 1.